The van der Waals surface area contributed by atoms with E-state index in [0.717, 1.165) is 0 Å². The number of benzene rings is 1. The third-order valence-corrected chi connectivity index (χ3v) is 1.80. The molecule has 0 bridgehead atoms. The van der Waals surface area contributed by atoms with Gasteiger partial charge in [0.25, 0.3) is 0 Å². The van der Waals surface area contributed by atoms with Gasteiger partial charge < -0.3 is 14.6 Å². The maximum Gasteiger partial charge on any atom is 0.425 e. The zero-order valence-corrected chi connectivity index (χ0v) is 8.93. The fraction of sp³-hybridized carbons (Fsp3) is 0.200. The number of amides is 1. The van der Waals surface area contributed by atoms with Crippen LogP contribution in [-0.4, -0.2) is 31.6 Å². The Morgan fingerprint density at radius 2 is 2.19 bits per heavy atom. The van der Waals surface area contributed by atoms with Crippen LogP contribution in [0.5, 0.6) is 11.5 Å². The second-order valence-corrected chi connectivity index (χ2v) is 2.78. The molecule has 0 saturated heterocycles. The van der Waals surface area contributed by atoms with Crippen LogP contribution in [0.4, 0.5) is 4.79 Å². The molecule has 0 spiro atoms. The van der Waals surface area contributed by atoms with E-state index in [1.807, 2.05) is 5.43 Å². The third-order valence-electron chi connectivity index (χ3n) is 1.80. The molecule has 6 heteroatoms. The van der Waals surface area contributed by atoms with Crippen molar-refractivity contribution in [2.45, 2.75) is 0 Å². The summed E-state index contributed by atoms with van der Waals surface area (Å²) in [5.41, 5.74) is 2.52. The van der Waals surface area contributed by atoms with E-state index < -0.39 is 6.09 Å². The molecule has 0 radical (unpaired) electrons. The standard InChI is InChI=1S/C10H12N2O4/c1-15-8-4-3-7(9(5-8)16-2)6-11-12-10(13)14/h3-6,12H,1-2H3,(H,13,14). The van der Waals surface area contributed by atoms with Gasteiger partial charge >= 0.3 is 6.09 Å². The van der Waals surface area contributed by atoms with Gasteiger partial charge in [0.15, 0.2) is 0 Å². The molecule has 0 aliphatic carbocycles. The number of carboxylic acid groups (broad SMARTS) is 1. The summed E-state index contributed by atoms with van der Waals surface area (Å²) in [6.07, 6.45) is 0.135. The lowest BCUT2D eigenvalue weighted by Gasteiger charge is -2.06. The lowest BCUT2D eigenvalue weighted by molar-refractivity contribution is 0.195. The average molecular weight is 224 g/mol. The maximum absolute atomic E-state index is 10.2. The van der Waals surface area contributed by atoms with Crippen molar-refractivity contribution in [1.82, 2.24) is 5.43 Å². The summed E-state index contributed by atoms with van der Waals surface area (Å²) in [6.45, 7) is 0. The van der Waals surface area contributed by atoms with E-state index >= 15 is 0 Å². The summed E-state index contributed by atoms with van der Waals surface area (Å²) in [5.74, 6) is 1.20. The summed E-state index contributed by atoms with van der Waals surface area (Å²) in [5, 5.41) is 11.8. The van der Waals surface area contributed by atoms with E-state index in [4.69, 9.17) is 14.6 Å². The zero-order valence-electron chi connectivity index (χ0n) is 8.93. The van der Waals surface area contributed by atoms with Crippen molar-refractivity contribution in [3.8, 4) is 11.5 Å². The van der Waals surface area contributed by atoms with Crippen LogP contribution in [0.3, 0.4) is 0 Å². The number of carbonyl (C=O) groups is 1. The molecule has 1 aromatic rings. The summed E-state index contributed by atoms with van der Waals surface area (Å²) in [4.78, 5) is 10.2. The third kappa shape index (κ3) is 3.16. The van der Waals surface area contributed by atoms with Crippen molar-refractivity contribution in [2.24, 2.45) is 5.10 Å². The van der Waals surface area contributed by atoms with Crippen molar-refractivity contribution in [2.75, 3.05) is 14.2 Å². The number of hydrazone groups is 1. The van der Waals surface area contributed by atoms with Crippen LogP contribution >= 0.6 is 0 Å². The number of ether oxygens (including phenoxy) is 2. The lowest BCUT2D eigenvalue weighted by atomic mass is 10.2. The zero-order chi connectivity index (χ0) is 12.0. The molecular formula is C10H12N2O4. The first-order chi connectivity index (χ1) is 7.67. The Balaban J connectivity index is 2.87. The van der Waals surface area contributed by atoms with E-state index in [1.165, 1.54) is 13.3 Å². The molecule has 0 aliphatic rings. The molecule has 0 fully saturated rings. The van der Waals surface area contributed by atoms with Crippen LogP contribution in [0, 0.1) is 0 Å². The van der Waals surface area contributed by atoms with E-state index in [9.17, 15) is 4.79 Å². The van der Waals surface area contributed by atoms with Gasteiger partial charge in [-0.25, -0.2) is 10.2 Å². The molecule has 0 atom stereocenters. The maximum atomic E-state index is 10.2. The second-order valence-electron chi connectivity index (χ2n) is 2.78. The quantitative estimate of drug-likeness (QED) is 0.596. The molecule has 2 N–H and O–H groups in total. The fourth-order valence-corrected chi connectivity index (χ4v) is 1.08. The molecule has 0 unspecified atom stereocenters. The molecule has 16 heavy (non-hydrogen) atoms. The highest BCUT2D eigenvalue weighted by atomic mass is 16.5. The number of hydrogen-bond donors (Lipinski definition) is 2. The van der Waals surface area contributed by atoms with Gasteiger partial charge in [-0.3, -0.25) is 0 Å². The van der Waals surface area contributed by atoms with Crippen LogP contribution in [0.15, 0.2) is 23.3 Å². The highest BCUT2D eigenvalue weighted by molar-refractivity contribution is 5.84. The SMILES string of the molecule is COc1ccc(C=NNC(=O)O)c(OC)c1. The van der Waals surface area contributed by atoms with Gasteiger partial charge in [-0.05, 0) is 12.1 Å². The molecule has 0 aromatic heterocycles. The van der Waals surface area contributed by atoms with E-state index in [1.54, 1.807) is 25.3 Å². The molecular weight excluding hydrogens is 212 g/mol. The van der Waals surface area contributed by atoms with E-state index in [-0.39, 0.29) is 0 Å². The molecule has 1 amide bonds. The minimum atomic E-state index is -1.22. The molecule has 0 aliphatic heterocycles. The summed E-state index contributed by atoms with van der Waals surface area (Å²) < 4.78 is 10.1. The molecule has 6 nitrogen and oxygen atoms in total. The predicted molar refractivity (Wildman–Crippen MR) is 58.3 cm³/mol. The van der Waals surface area contributed by atoms with Crippen molar-refractivity contribution in [1.29, 1.82) is 0 Å². The Kier molecular flexibility index (Phi) is 4.14. The van der Waals surface area contributed by atoms with Gasteiger partial charge in [-0.1, -0.05) is 0 Å². The topological polar surface area (TPSA) is 80.2 Å². The predicted octanol–water partition coefficient (Wildman–Crippen LogP) is 1.31. The van der Waals surface area contributed by atoms with Gasteiger partial charge in [-0.2, -0.15) is 5.10 Å². The minimum Gasteiger partial charge on any atom is -0.497 e. The van der Waals surface area contributed by atoms with Crippen molar-refractivity contribution in [3.05, 3.63) is 23.8 Å². The van der Waals surface area contributed by atoms with Crippen molar-refractivity contribution in [3.63, 3.8) is 0 Å². The molecule has 86 valence electrons. The largest absolute Gasteiger partial charge is 0.497 e. The Morgan fingerprint density at radius 3 is 2.75 bits per heavy atom. The second kappa shape index (κ2) is 5.59. The van der Waals surface area contributed by atoms with Gasteiger partial charge in [0.2, 0.25) is 0 Å². The van der Waals surface area contributed by atoms with Crippen LogP contribution in [0.1, 0.15) is 5.56 Å². The van der Waals surface area contributed by atoms with Gasteiger partial charge in [0.05, 0.1) is 20.4 Å². The number of nitrogens with one attached hydrogen (secondary N) is 1. The van der Waals surface area contributed by atoms with E-state index in [2.05, 4.69) is 5.10 Å². The Morgan fingerprint density at radius 1 is 1.44 bits per heavy atom. The van der Waals surface area contributed by atoms with Crippen LogP contribution < -0.4 is 14.9 Å². The monoisotopic (exact) mass is 224 g/mol. The fourth-order valence-electron chi connectivity index (χ4n) is 1.08. The first-order valence-electron chi connectivity index (χ1n) is 4.41. The highest BCUT2D eigenvalue weighted by Crippen LogP contribution is 2.22. The first-order valence-corrected chi connectivity index (χ1v) is 4.41. The Bertz CT molecular complexity index is 404. The number of rotatable bonds is 4. The highest BCUT2D eigenvalue weighted by Gasteiger charge is 2.02. The van der Waals surface area contributed by atoms with Crippen LogP contribution in [-0.2, 0) is 0 Å². The van der Waals surface area contributed by atoms with Gasteiger partial charge in [0.1, 0.15) is 11.5 Å². The number of methoxy groups -OCH3 is 2. The van der Waals surface area contributed by atoms with Crippen molar-refractivity contribution >= 4 is 12.3 Å². The summed E-state index contributed by atoms with van der Waals surface area (Å²) >= 11 is 0. The average Bonchev–Trinajstić information content (AvgIpc) is 2.29. The van der Waals surface area contributed by atoms with Crippen LogP contribution in [0.25, 0.3) is 0 Å². The molecule has 1 rings (SSSR count). The Labute approximate surface area is 92.5 Å². The van der Waals surface area contributed by atoms with Gasteiger partial charge in [-0.15, -0.1) is 0 Å². The lowest BCUT2D eigenvalue weighted by Crippen LogP contribution is -2.13. The van der Waals surface area contributed by atoms with E-state index in [0.29, 0.717) is 17.1 Å². The normalized spacial score (nSPS) is 10.1. The molecule has 1 aromatic carbocycles. The Hall–Kier alpha value is -2.24. The molecule has 0 saturated carbocycles. The smallest absolute Gasteiger partial charge is 0.425 e. The summed E-state index contributed by atoms with van der Waals surface area (Å²) in [7, 11) is 3.06. The molecule has 0 heterocycles. The number of hydrogen-bond acceptors (Lipinski definition) is 4. The van der Waals surface area contributed by atoms with Gasteiger partial charge in [0, 0.05) is 11.6 Å². The first kappa shape index (κ1) is 11.8. The van der Waals surface area contributed by atoms with Crippen LogP contribution in [0.2, 0.25) is 0 Å². The summed E-state index contributed by atoms with van der Waals surface area (Å²) in [6, 6.07) is 5.12. The minimum absolute atomic E-state index is 0.551. The number of nitrogens with zero attached hydrogens (tertiary/aromatic N) is 1. The van der Waals surface area contributed by atoms with Crippen molar-refractivity contribution < 1.29 is 19.4 Å².